The molecule has 2 atom stereocenters. The molecule has 0 bridgehead atoms. The fourth-order valence-electron chi connectivity index (χ4n) is 3.37. The van der Waals surface area contributed by atoms with Gasteiger partial charge in [-0.2, -0.15) is 0 Å². The Kier molecular flexibility index (Phi) is 6.50. The first kappa shape index (κ1) is 18.7. The third kappa shape index (κ3) is 4.75. The summed E-state index contributed by atoms with van der Waals surface area (Å²) < 4.78 is 2.22. The van der Waals surface area contributed by atoms with Crippen molar-refractivity contribution in [3.05, 3.63) is 47.8 Å². The van der Waals surface area contributed by atoms with Crippen LogP contribution >= 0.6 is 11.6 Å². The molecule has 6 nitrogen and oxygen atoms in total. The van der Waals surface area contributed by atoms with E-state index in [-0.39, 0.29) is 0 Å². The Labute approximate surface area is 160 Å². The summed E-state index contributed by atoms with van der Waals surface area (Å²) in [6.45, 7) is 8.00. The second-order valence-electron chi connectivity index (χ2n) is 6.76. The SMILES string of the molecule is CCNC(=NCCc1ccc(Cl)nc1)N1CCC(C)C(n2ccnc2)C1. The minimum Gasteiger partial charge on any atom is -0.357 e. The summed E-state index contributed by atoms with van der Waals surface area (Å²) in [5, 5.41) is 3.97. The molecule has 1 aliphatic heterocycles. The lowest BCUT2D eigenvalue weighted by molar-refractivity contribution is 0.189. The van der Waals surface area contributed by atoms with E-state index < -0.39 is 0 Å². The standard InChI is InChI=1S/C19H27ClN6/c1-3-22-19(23-8-6-16-4-5-18(20)24-12-16)25-10-7-15(2)17(13-25)26-11-9-21-14-26/h4-5,9,11-12,14-15,17H,3,6-8,10,13H2,1-2H3,(H,22,23). The molecule has 3 rings (SSSR count). The topological polar surface area (TPSA) is 58.3 Å². The van der Waals surface area contributed by atoms with Gasteiger partial charge in [0.25, 0.3) is 0 Å². The van der Waals surface area contributed by atoms with Crippen LogP contribution in [-0.4, -0.2) is 51.6 Å². The number of hydrogen-bond acceptors (Lipinski definition) is 3. The van der Waals surface area contributed by atoms with Gasteiger partial charge in [0.1, 0.15) is 5.15 Å². The van der Waals surface area contributed by atoms with Crippen molar-refractivity contribution >= 4 is 17.6 Å². The molecule has 2 aromatic rings. The summed E-state index contributed by atoms with van der Waals surface area (Å²) in [5.41, 5.74) is 1.15. The summed E-state index contributed by atoms with van der Waals surface area (Å²) in [5.74, 6) is 1.62. The smallest absolute Gasteiger partial charge is 0.193 e. The van der Waals surface area contributed by atoms with Crippen molar-refractivity contribution < 1.29 is 0 Å². The molecule has 26 heavy (non-hydrogen) atoms. The minimum absolute atomic E-state index is 0.426. The number of halogens is 1. The largest absolute Gasteiger partial charge is 0.357 e. The number of pyridine rings is 1. The van der Waals surface area contributed by atoms with Crippen LogP contribution in [0.15, 0.2) is 42.0 Å². The van der Waals surface area contributed by atoms with Crippen molar-refractivity contribution in [2.45, 2.75) is 32.7 Å². The third-order valence-electron chi connectivity index (χ3n) is 4.91. The van der Waals surface area contributed by atoms with Crippen molar-refractivity contribution in [1.29, 1.82) is 0 Å². The van der Waals surface area contributed by atoms with E-state index >= 15 is 0 Å². The molecular formula is C19H27ClN6. The van der Waals surface area contributed by atoms with E-state index in [0.29, 0.717) is 17.1 Å². The Morgan fingerprint density at radius 1 is 1.42 bits per heavy atom. The van der Waals surface area contributed by atoms with Crippen LogP contribution in [0.4, 0.5) is 0 Å². The van der Waals surface area contributed by atoms with E-state index in [0.717, 1.165) is 50.5 Å². The molecule has 140 valence electrons. The van der Waals surface area contributed by atoms with E-state index in [9.17, 15) is 0 Å². The molecule has 2 unspecified atom stereocenters. The maximum atomic E-state index is 5.84. The molecule has 0 aliphatic carbocycles. The molecule has 0 amide bonds. The van der Waals surface area contributed by atoms with Gasteiger partial charge in [-0.25, -0.2) is 9.97 Å². The Morgan fingerprint density at radius 3 is 3.00 bits per heavy atom. The van der Waals surface area contributed by atoms with E-state index in [1.54, 1.807) is 0 Å². The average Bonchev–Trinajstić information content (AvgIpc) is 3.17. The number of likely N-dealkylation sites (tertiary alicyclic amines) is 1. The van der Waals surface area contributed by atoms with E-state index in [1.165, 1.54) is 0 Å². The molecule has 1 aliphatic rings. The van der Waals surface area contributed by atoms with E-state index in [4.69, 9.17) is 16.6 Å². The van der Waals surface area contributed by atoms with E-state index in [1.807, 2.05) is 30.9 Å². The molecule has 0 aromatic carbocycles. The first-order valence-electron chi connectivity index (χ1n) is 9.28. The van der Waals surface area contributed by atoms with Crippen molar-refractivity contribution in [1.82, 2.24) is 24.8 Å². The number of imidazole rings is 1. The predicted octanol–water partition coefficient (Wildman–Crippen LogP) is 3.02. The lowest BCUT2D eigenvalue weighted by Gasteiger charge is -2.39. The first-order valence-corrected chi connectivity index (χ1v) is 9.66. The number of hydrogen-bond donors (Lipinski definition) is 1. The van der Waals surface area contributed by atoms with Crippen LogP contribution in [0, 0.1) is 5.92 Å². The summed E-state index contributed by atoms with van der Waals surface area (Å²) in [6.07, 6.45) is 9.65. The monoisotopic (exact) mass is 374 g/mol. The van der Waals surface area contributed by atoms with Crippen LogP contribution in [0.3, 0.4) is 0 Å². The Hall–Kier alpha value is -2.08. The van der Waals surface area contributed by atoms with Crippen molar-refractivity contribution in [3.63, 3.8) is 0 Å². The lowest BCUT2D eigenvalue weighted by Crippen LogP contribution is -2.49. The van der Waals surface area contributed by atoms with Gasteiger partial charge in [-0.15, -0.1) is 0 Å². The summed E-state index contributed by atoms with van der Waals surface area (Å²) >= 11 is 5.84. The third-order valence-corrected chi connectivity index (χ3v) is 5.14. The summed E-state index contributed by atoms with van der Waals surface area (Å²) in [7, 11) is 0. The summed E-state index contributed by atoms with van der Waals surface area (Å²) in [6, 6.07) is 4.26. The fourth-order valence-corrected chi connectivity index (χ4v) is 3.48. The normalized spacial score (nSPS) is 21.0. The van der Waals surface area contributed by atoms with E-state index in [2.05, 4.69) is 44.8 Å². The molecule has 3 heterocycles. The van der Waals surface area contributed by atoms with Gasteiger partial charge in [0.15, 0.2) is 5.96 Å². The average molecular weight is 375 g/mol. The molecule has 1 fully saturated rings. The maximum Gasteiger partial charge on any atom is 0.193 e. The predicted molar refractivity (Wildman–Crippen MR) is 106 cm³/mol. The molecule has 1 N–H and O–H groups in total. The second-order valence-corrected chi connectivity index (χ2v) is 7.15. The Balaban J connectivity index is 1.65. The Morgan fingerprint density at radius 2 is 2.31 bits per heavy atom. The highest BCUT2D eigenvalue weighted by Gasteiger charge is 2.28. The van der Waals surface area contributed by atoms with Crippen molar-refractivity contribution in [2.75, 3.05) is 26.2 Å². The number of guanidine groups is 1. The zero-order valence-electron chi connectivity index (χ0n) is 15.5. The quantitative estimate of drug-likeness (QED) is 0.496. The molecule has 0 saturated carbocycles. The number of nitrogens with zero attached hydrogens (tertiary/aromatic N) is 5. The van der Waals surface area contributed by atoms with Gasteiger partial charge in [0, 0.05) is 44.8 Å². The van der Waals surface area contributed by atoms with Crippen LogP contribution < -0.4 is 5.32 Å². The van der Waals surface area contributed by atoms with Gasteiger partial charge in [-0.05, 0) is 37.3 Å². The highest BCUT2D eigenvalue weighted by molar-refractivity contribution is 6.29. The molecule has 0 spiro atoms. The van der Waals surface area contributed by atoms with Crippen LogP contribution in [0.2, 0.25) is 5.15 Å². The van der Waals surface area contributed by atoms with Gasteiger partial charge in [-0.3, -0.25) is 4.99 Å². The van der Waals surface area contributed by atoms with Gasteiger partial charge >= 0.3 is 0 Å². The van der Waals surface area contributed by atoms with Crippen LogP contribution in [0.25, 0.3) is 0 Å². The van der Waals surface area contributed by atoms with Gasteiger partial charge < -0.3 is 14.8 Å². The lowest BCUT2D eigenvalue weighted by atomic mass is 9.93. The van der Waals surface area contributed by atoms with Crippen LogP contribution in [0.1, 0.15) is 31.9 Å². The number of piperidine rings is 1. The summed E-state index contributed by atoms with van der Waals surface area (Å²) in [4.78, 5) is 15.6. The molecule has 7 heteroatoms. The van der Waals surface area contributed by atoms with Crippen molar-refractivity contribution in [3.8, 4) is 0 Å². The second kappa shape index (κ2) is 9.03. The van der Waals surface area contributed by atoms with Gasteiger partial charge in [-0.1, -0.05) is 24.6 Å². The number of nitrogens with one attached hydrogen (secondary N) is 1. The molecule has 0 radical (unpaired) electrons. The highest BCUT2D eigenvalue weighted by atomic mass is 35.5. The van der Waals surface area contributed by atoms with Crippen LogP contribution in [0.5, 0.6) is 0 Å². The molecular weight excluding hydrogens is 348 g/mol. The van der Waals surface area contributed by atoms with Crippen molar-refractivity contribution in [2.24, 2.45) is 10.9 Å². The zero-order valence-corrected chi connectivity index (χ0v) is 16.2. The fraction of sp³-hybridized carbons (Fsp3) is 0.526. The first-order chi connectivity index (χ1) is 12.7. The minimum atomic E-state index is 0.426. The molecule has 2 aromatic heterocycles. The maximum absolute atomic E-state index is 5.84. The number of aliphatic imine (C=N–C) groups is 1. The zero-order chi connectivity index (χ0) is 18.4. The highest BCUT2D eigenvalue weighted by Crippen LogP contribution is 2.27. The Bertz CT molecular complexity index is 697. The number of rotatable bonds is 5. The van der Waals surface area contributed by atoms with Gasteiger partial charge in [0.2, 0.25) is 0 Å². The molecule has 1 saturated heterocycles. The van der Waals surface area contributed by atoms with Gasteiger partial charge in [0.05, 0.1) is 12.4 Å². The number of aromatic nitrogens is 3. The van der Waals surface area contributed by atoms with Crippen LogP contribution in [-0.2, 0) is 6.42 Å².